The second-order valence-corrected chi connectivity index (χ2v) is 8.90. The zero-order valence-electron chi connectivity index (χ0n) is 18.8. The number of phenols is 1. The maximum Gasteiger partial charge on any atom is 0.274 e. The highest BCUT2D eigenvalue weighted by Gasteiger charge is 2.38. The van der Waals surface area contributed by atoms with E-state index in [1.165, 1.54) is 10.7 Å². The molecule has 9 nitrogen and oxygen atoms in total. The molecule has 4 bridgehead atoms. The third-order valence-corrected chi connectivity index (χ3v) is 6.63. The minimum Gasteiger partial charge on any atom is -0.504 e. The quantitative estimate of drug-likeness (QED) is 0.444. The summed E-state index contributed by atoms with van der Waals surface area (Å²) in [6.07, 6.45) is 3.94. The van der Waals surface area contributed by atoms with Crippen molar-refractivity contribution in [3.63, 3.8) is 0 Å². The molecule has 6 rings (SSSR count). The van der Waals surface area contributed by atoms with Crippen LogP contribution in [0, 0.1) is 0 Å². The van der Waals surface area contributed by atoms with Gasteiger partial charge in [-0.25, -0.2) is 9.50 Å². The van der Waals surface area contributed by atoms with Crippen molar-refractivity contribution in [2.45, 2.75) is 24.8 Å². The number of hydrogen-bond acceptors (Lipinski definition) is 6. The smallest absolute Gasteiger partial charge is 0.274 e. The van der Waals surface area contributed by atoms with E-state index in [1.54, 1.807) is 41.4 Å². The largest absolute Gasteiger partial charge is 0.504 e. The van der Waals surface area contributed by atoms with Crippen LogP contribution in [0.5, 0.6) is 17.2 Å². The SMILES string of the molecule is O=C1CCc2ccc(O)c(c2)Oc2cccc(c2)[C@@H]2CN(C(=O)c3cnc4cccnn34)C[C@H]2N1. The van der Waals surface area contributed by atoms with Gasteiger partial charge in [-0.3, -0.25) is 9.59 Å². The Kier molecular flexibility index (Phi) is 5.09. The number of likely N-dealkylation sites (tertiary alicyclic amines) is 1. The predicted molar refractivity (Wildman–Crippen MR) is 127 cm³/mol. The highest BCUT2D eigenvalue weighted by molar-refractivity contribution is 5.93. The third-order valence-electron chi connectivity index (χ3n) is 6.63. The van der Waals surface area contributed by atoms with Gasteiger partial charge in [-0.2, -0.15) is 5.10 Å². The Balaban J connectivity index is 1.34. The normalized spacial score (nSPS) is 19.7. The van der Waals surface area contributed by atoms with Gasteiger partial charge in [0, 0.05) is 31.6 Å². The average molecular weight is 470 g/mol. The number of carbonyl (C=O) groups is 2. The summed E-state index contributed by atoms with van der Waals surface area (Å²) in [7, 11) is 0. The van der Waals surface area contributed by atoms with E-state index in [9.17, 15) is 14.7 Å². The Bertz CT molecular complexity index is 1450. The summed E-state index contributed by atoms with van der Waals surface area (Å²) in [5.74, 6) is 0.559. The van der Waals surface area contributed by atoms with E-state index in [0.29, 0.717) is 42.4 Å². The molecule has 2 aromatic heterocycles. The minimum absolute atomic E-state index is 0.0376. The van der Waals surface area contributed by atoms with Crippen LogP contribution in [0.1, 0.15) is 34.0 Å². The van der Waals surface area contributed by atoms with Crippen molar-refractivity contribution >= 4 is 17.5 Å². The van der Waals surface area contributed by atoms with Gasteiger partial charge >= 0.3 is 0 Å². The Morgan fingerprint density at radius 3 is 2.91 bits per heavy atom. The number of hydrogen-bond donors (Lipinski definition) is 2. The Morgan fingerprint density at radius 1 is 1.09 bits per heavy atom. The van der Waals surface area contributed by atoms with Crippen molar-refractivity contribution in [1.82, 2.24) is 24.8 Å². The first-order valence-corrected chi connectivity index (χ1v) is 11.5. The molecule has 2 atom stereocenters. The summed E-state index contributed by atoms with van der Waals surface area (Å²) < 4.78 is 7.54. The fraction of sp³-hybridized carbons (Fsp3) is 0.231. The first kappa shape index (κ1) is 21.2. The molecule has 1 saturated heterocycles. The van der Waals surface area contributed by atoms with Crippen molar-refractivity contribution in [3.05, 3.63) is 83.8 Å². The number of carbonyl (C=O) groups excluding carboxylic acids is 2. The van der Waals surface area contributed by atoms with E-state index in [-0.39, 0.29) is 35.9 Å². The number of phenolic OH excluding ortho intramolecular Hbond substituents is 1. The molecule has 9 heteroatoms. The molecule has 0 aliphatic carbocycles. The summed E-state index contributed by atoms with van der Waals surface area (Å²) in [6, 6.07) is 16.0. The van der Waals surface area contributed by atoms with Gasteiger partial charge < -0.3 is 20.1 Å². The van der Waals surface area contributed by atoms with Crippen LogP contribution < -0.4 is 10.1 Å². The molecule has 0 saturated carbocycles. The number of benzene rings is 2. The zero-order valence-corrected chi connectivity index (χ0v) is 18.8. The monoisotopic (exact) mass is 469 g/mol. The molecule has 2 aliphatic rings. The van der Waals surface area contributed by atoms with Crippen LogP contribution in [0.4, 0.5) is 0 Å². The topological polar surface area (TPSA) is 109 Å². The van der Waals surface area contributed by atoms with Crippen LogP contribution in [-0.4, -0.2) is 55.6 Å². The van der Waals surface area contributed by atoms with Crippen molar-refractivity contribution in [2.75, 3.05) is 13.1 Å². The van der Waals surface area contributed by atoms with Crippen molar-refractivity contribution in [3.8, 4) is 17.2 Å². The van der Waals surface area contributed by atoms with Gasteiger partial charge in [0.25, 0.3) is 5.91 Å². The van der Waals surface area contributed by atoms with Crippen molar-refractivity contribution in [2.24, 2.45) is 0 Å². The van der Waals surface area contributed by atoms with E-state index >= 15 is 0 Å². The lowest BCUT2D eigenvalue weighted by molar-refractivity contribution is -0.121. The van der Waals surface area contributed by atoms with E-state index in [2.05, 4.69) is 15.4 Å². The number of aryl methyl sites for hydroxylation is 1. The van der Waals surface area contributed by atoms with Gasteiger partial charge in [0.15, 0.2) is 22.8 Å². The van der Waals surface area contributed by atoms with Crippen molar-refractivity contribution < 1.29 is 19.4 Å². The summed E-state index contributed by atoms with van der Waals surface area (Å²) in [5, 5.41) is 17.7. The molecule has 176 valence electrons. The molecule has 4 heterocycles. The molecule has 0 unspecified atom stereocenters. The van der Waals surface area contributed by atoms with Gasteiger partial charge in [-0.15, -0.1) is 0 Å². The fourth-order valence-corrected chi connectivity index (χ4v) is 4.86. The molecule has 2 aromatic carbocycles. The fourth-order valence-electron chi connectivity index (χ4n) is 4.86. The molecular formula is C26H23N5O4. The lowest BCUT2D eigenvalue weighted by Crippen LogP contribution is -2.40. The number of aromatic nitrogens is 3. The first-order chi connectivity index (χ1) is 17.0. The lowest BCUT2D eigenvalue weighted by atomic mass is 9.94. The van der Waals surface area contributed by atoms with Gasteiger partial charge in [0.1, 0.15) is 5.75 Å². The molecule has 35 heavy (non-hydrogen) atoms. The molecule has 2 N–H and O–H groups in total. The highest BCUT2D eigenvalue weighted by atomic mass is 16.5. The Hall–Kier alpha value is -4.40. The minimum atomic E-state index is -0.258. The lowest BCUT2D eigenvalue weighted by Gasteiger charge is -2.20. The molecule has 0 spiro atoms. The molecule has 2 amide bonds. The van der Waals surface area contributed by atoms with Crippen LogP contribution in [0.25, 0.3) is 5.65 Å². The summed E-state index contributed by atoms with van der Waals surface area (Å²) >= 11 is 0. The Morgan fingerprint density at radius 2 is 2.00 bits per heavy atom. The van der Waals surface area contributed by atoms with E-state index in [0.717, 1.165) is 11.1 Å². The molecule has 2 aliphatic heterocycles. The number of aromatic hydroxyl groups is 1. The zero-order chi connectivity index (χ0) is 23.9. The maximum absolute atomic E-state index is 13.4. The number of amides is 2. The standard InChI is InChI=1S/C26H23N5O4/c32-22-8-6-16-7-9-25(33)29-20-15-30(26(34)21-13-27-24-5-2-10-28-31(21)24)14-19(20)17-3-1-4-18(12-17)35-23(22)11-16/h1-6,8,10-13,19-20,32H,7,9,14-15H2,(H,29,33)/t19-,20+/m0/s1. The maximum atomic E-state index is 13.4. The first-order valence-electron chi connectivity index (χ1n) is 11.5. The highest BCUT2D eigenvalue weighted by Crippen LogP contribution is 2.35. The second-order valence-electron chi connectivity index (χ2n) is 8.90. The van der Waals surface area contributed by atoms with E-state index < -0.39 is 0 Å². The number of fused-ring (bicyclic) bond motifs is 7. The number of rotatable bonds is 1. The summed E-state index contributed by atoms with van der Waals surface area (Å²) in [4.78, 5) is 32.3. The second kappa shape index (κ2) is 8.43. The van der Waals surface area contributed by atoms with Crippen LogP contribution >= 0.6 is 0 Å². The van der Waals surface area contributed by atoms with Gasteiger partial charge in [0.2, 0.25) is 5.91 Å². The molecule has 0 radical (unpaired) electrons. The third kappa shape index (κ3) is 3.95. The van der Waals surface area contributed by atoms with Crippen LogP contribution in [0.15, 0.2) is 67.0 Å². The molecule has 4 aromatic rings. The number of nitrogens with one attached hydrogen (secondary N) is 1. The molecule has 1 fully saturated rings. The van der Waals surface area contributed by atoms with Gasteiger partial charge in [-0.05, 0) is 53.9 Å². The van der Waals surface area contributed by atoms with Crippen LogP contribution in [0.3, 0.4) is 0 Å². The van der Waals surface area contributed by atoms with E-state index in [1.807, 2.05) is 24.3 Å². The number of nitrogens with zero attached hydrogens (tertiary/aromatic N) is 4. The van der Waals surface area contributed by atoms with Gasteiger partial charge in [-0.1, -0.05) is 18.2 Å². The summed E-state index contributed by atoms with van der Waals surface area (Å²) in [6.45, 7) is 0.793. The number of ether oxygens (including phenoxy) is 1. The predicted octanol–water partition coefficient (Wildman–Crippen LogP) is 2.90. The Labute approximate surface area is 201 Å². The summed E-state index contributed by atoms with van der Waals surface area (Å²) in [5.41, 5.74) is 2.81. The van der Waals surface area contributed by atoms with Crippen molar-refractivity contribution in [1.29, 1.82) is 0 Å². The average Bonchev–Trinajstić information content (AvgIpc) is 3.48. The van der Waals surface area contributed by atoms with Crippen LogP contribution in [-0.2, 0) is 11.2 Å². The molecular weight excluding hydrogens is 446 g/mol. The van der Waals surface area contributed by atoms with Gasteiger partial charge in [0.05, 0.1) is 12.2 Å². The van der Waals surface area contributed by atoms with Crippen LogP contribution in [0.2, 0.25) is 0 Å². The number of imidazole rings is 1. The van der Waals surface area contributed by atoms with E-state index in [4.69, 9.17) is 4.74 Å².